The highest BCUT2D eigenvalue weighted by Gasteiger charge is 2.07. The number of anilines is 1. The molecule has 0 aliphatic heterocycles. The van der Waals surface area contributed by atoms with Crippen molar-refractivity contribution in [3.05, 3.63) is 59.7 Å². The average molecular weight is 327 g/mol. The average Bonchev–Trinajstić information content (AvgIpc) is 2.64. The lowest BCUT2D eigenvalue weighted by atomic mass is 10.1. The lowest BCUT2D eigenvalue weighted by molar-refractivity contribution is 0.414. The van der Waals surface area contributed by atoms with Crippen molar-refractivity contribution in [2.45, 2.75) is 26.4 Å². The van der Waals surface area contributed by atoms with E-state index in [1.165, 1.54) is 11.3 Å². The third-order valence-corrected chi connectivity index (χ3v) is 4.30. The van der Waals surface area contributed by atoms with Crippen LogP contribution in [0.2, 0.25) is 0 Å². The number of nitrogens with one attached hydrogen (secondary N) is 1. The molecule has 2 aromatic carbocycles. The Kier molecular flexibility index (Phi) is 7.09. The van der Waals surface area contributed by atoms with E-state index in [0.29, 0.717) is 0 Å². The first kappa shape index (κ1) is 18.3. The van der Waals surface area contributed by atoms with Crippen molar-refractivity contribution in [2.24, 2.45) is 5.73 Å². The number of benzene rings is 2. The molecule has 0 aliphatic rings. The van der Waals surface area contributed by atoms with Gasteiger partial charge in [0.2, 0.25) is 0 Å². The van der Waals surface area contributed by atoms with Gasteiger partial charge in [0.15, 0.2) is 0 Å². The minimum atomic E-state index is -0.00555. The first-order chi connectivity index (χ1) is 11.7. The van der Waals surface area contributed by atoms with Crippen LogP contribution in [0.1, 0.15) is 31.0 Å². The molecule has 0 saturated heterocycles. The topological polar surface area (TPSA) is 50.5 Å². The summed E-state index contributed by atoms with van der Waals surface area (Å²) in [6.07, 6.45) is 0. The van der Waals surface area contributed by atoms with E-state index in [0.717, 1.165) is 37.5 Å². The fourth-order valence-electron chi connectivity index (χ4n) is 2.75. The maximum Gasteiger partial charge on any atom is 0.118 e. The Labute approximate surface area is 145 Å². The molecule has 0 amide bonds. The monoisotopic (exact) mass is 327 g/mol. The van der Waals surface area contributed by atoms with Crippen molar-refractivity contribution in [3.8, 4) is 5.75 Å². The summed E-state index contributed by atoms with van der Waals surface area (Å²) in [6.45, 7) is 7.93. The van der Waals surface area contributed by atoms with Gasteiger partial charge in [-0.3, -0.25) is 0 Å². The van der Waals surface area contributed by atoms with Crippen molar-refractivity contribution in [3.63, 3.8) is 0 Å². The first-order valence-corrected chi connectivity index (χ1v) is 8.62. The van der Waals surface area contributed by atoms with Crippen LogP contribution in [0.5, 0.6) is 5.75 Å². The third-order valence-electron chi connectivity index (χ3n) is 4.30. The normalized spacial score (nSPS) is 12.0. The molecule has 1 atom stereocenters. The van der Waals surface area contributed by atoms with Crippen LogP contribution in [-0.4, -0.2) is 26.7 Å². The van der Waals surface area contributed by atoms with Gasteiger partial charge < -0.3 is 20.7 Å². The predicted octanol–water partition coefficient (Wildman–Crippen LogP) is 3.33. The van der Waals surface area contributed by atoms with Gasteiger partial charge >= 0.3 is 0 Å². The molecule has 1 unspecified atom stereocenters. The first-order valence-electron chi connectivity index (χ1n) is 8.62. The molecule has 4 heteroatoms. The number of hydrogen-bond acceptors (Lipinski definition) is 4. The molecule has 24 heavy (non-hydrogen) atoms. The highest BCUT2D eigenvalue weighted by atomic mass is 16.5. The second-order valence-electron chi connectivity index (χ2n) is 5.85. The van der Waals surface area contributed by atoms with Crippen LogP contribution in [0.3, 0.4) is 0 Å². The Morgan fingerprint density at radius 2 is 1.62 bits per heavy atom. The van der Waals surface area contributed by atoms with Gasteiger partial charge in [-0.25, -0.2) is 0 Å². The van der Waals surface area contributed by atoms with Crippen LogP contribution < -0.4 is 20.7 Å². The summed E-state index contributed by atoms with van der Waals surface area (Å²) in [6, 6.07) is 16.7. The van der Waals surface area contributed by atoms with Gasteiger partial charge in [0, 0.05) is 37.9 Å². The van der Waals surface area contributed by atoms with E-state index < -0.39 is 0 Å². The molecule has 0 fully saturated rings. The zero-order valence-electron chi connectivity index (χ0n) is 15.0. The smallest absolute Gasteiger partial charge is 0.118 e. The van der Waals surface area contributed by atoms with Crippen LogP contribution >= 0.6 is 0 Å². The van der Waals surface area contributed by atoms with Crippen molar-refractivity contribution in [1.29, 1.82) is 0 Å². The summed E-state index contributed by atoms with van der Waals surface area (Å²) < 4.78 is 5.17. The second kappa shape index (κ2) is 9.30. The fraction of sp³-hybridized carbons (Fsp3) is 0.400. The Morgan fingerprint density at radius 3 is 2.17 bits per heavy atom. The van der Waals surface area contributed by atoms with Crippen LogP contribution in [0.25, 0.3) is 0 Å². The maximum absolute atomic E-state index is 6.30. The Morgan fingerprint density at radius 1 is 1.00 bits per heavy atom. The minimum absolute atomic E-state index is 0.00555. The molecule has 0 heterocycles. The van der Waals surface area contributed by atoms with E-state index in [2.05, 4.69) is 60.5 Å². The van der Waals surface area contributed by atoms with E-state index in [1.54, 1.807) is 7.11 Å². The number of nitrogens with zero attached hydrogens (tertiary/aromatic N) is 1. The van der Waals surface area contributed by atoms with Gasteiger partial charge in [0.25, 0.3) is 0 Å². The third kappa shape index (κ3) is 4.98. The van der Waals surface area contributed by atoms with Crippen molar-refractivity contribution >= 4 is 5.69 Å². The largest absolute Gasteiger partial charge is 0.497 e. The summed E-state index contributed by atoms with van der Waals surface area (Å²) in [5.41, 5.74) is 9.93. The lowest BCUT2D eigenvalue weighted by Crippen LogP contribution is -2.27. The summed E-state index contributed by atoms with van der Waals surface area (Å²) >= 11 is 0. The van der Waals surface area contributed by atoms with Crippen LogP contribution in [-0.2, 0) is 6.54 Å². The van der Waals surface area contributed by atoms with Gasteiger partial charge in [-0.15, -0.1) is 0 Å². The summed E-state index contributed by atoms with van der Waals surface area (Å²) in [7, 11) is 1.68. The maximum atomic E-state index is 6.30. The molecule has 0 aromatic heterocycles. The Hall–Kier alpha value is -2.04. The molecule has 3 N–H and O–H groups in total. The van der Waals surface area contributed by atoms with Crippen LogP contribution in [0.15, 0.2) is 48.5 Å². The van der Waals surface area contributed by atoms with E-state index in [-0.39, 0.29) is 6.04 Å². The molecular weight excluding hydrogens is 298 g/mol. The van der Waals surface area contributed by atoms with Crippen molar-refractivity contribution < 1.29 is 4.74 Å². The van der Waals surface area contributed by atoms with E-state index in [1.807, 2.05) is 12.1 Å². The molecule has 4 nitrogen and oxygen atoms in total. The summed E-state index contributed by atoms with van der Waals surface area (Å²) in [5, 5.41) is 3.42. The minimum Gasteiger partial charge on any atom is -0.497 e. The number of rotatable bonds is 9. The van der Waals surface area contributed by atoms with Crippen LogP contribution in [0.4, 0.5) is 5.69 Å². The highest BCUT2D eigenvalue weighted by Crippen LogP contribution is 2.18. The Balaban J connectivity index is 1.84. The molecular formula is C20H29N3O. The standard InChI is InChI=1S/C20H29N3O/c1-4-23(5-2)18-10-8-17(9-11-18)20(21)15-22-14-16-6-12-19(24-3)13-7-16/h6-13,20,22H,4-5,14-15,21H2,1-3H3. The molecule has 2 rings (SSSR count). The molecule has 0 saturated carbocycles. The predicted molar refractivity (Wildman–Crippen MR) is 102 cm³/mol. The zero-order valence-corrected chi connectivity index (χ0v) is 15.0. The molecule has 130 valence electrons. The number of methoxy groups -OCH3 is 1. The fourth-order valence-corrected chi connectivity index (χ4v) is 2.75. The summed E-state index contributed by atoms with van der Waals surface area (Å²) in [4.78, 5) is 2.33. The summed E-state index contributed by atoms with van der Waals surface area (Å²) in [5.74, 6) is 0.878. The SMILES string of the molecule is CCN(CC)c1ccc(C(N)CNCc2ccc(OC)cc2)cc1. The van der Waals surface area contributed by atoms with Gasteiger partial charge in [-0.1, -0.05) is 24.3 Å². The molecule has 0 bridgehead atoms. The van der Waals surface area contributed by atoms with Gasteiger partial charge in [-0.2, -0.15) is 0 Å². The van der Waals surface area contributed by atoms with Crippen LogP contribution in [0, 0.1) is 0 Å². The number of hydrogen-bond donors (Lipinski definition) is 2. The van der Waals surface area contributed by atoms with E-state index in [9.17, 15) is 0 Å². The highest BCUT2D eigenvalue weighted by molar-refractivity contribution is 5.47. The lowest BCUT2D eigenvalue weighted by Gasteiger charge is -2.22. The van der Waals surface area contributed by atoms with Gasteiger partial charge in [-0.05, 0) is 49.2 Å². The molecule has 2 aromatic rings. The number of ether oxygens (including phenoxy) is 1. The second-order valence-corrected chi connectivity index (χ2v) is 5.85. The molecule has 0 aliphatic carbocycles. The number of nitrogens with two attached hydrogens (primary N) is 1. The van der Waals surface area contributed by atoms with E-state index in [4.69, 9.17) is 10.5 Å². The quantitative estimate of drug-likeness (QED) is 0.742. The molecule has 0 radical (unpaired) electrons. The zero-order chi connectivity index (χ0) is 17.4. The Bertz CT molecular complexity index is 591. The molecule has 0 spiro atoms. The van der Waals surface area contributed by atoms with E-state index >= 15 is 0 Å². The van der Waals surface area contributed by atoms with Crippen molar-refractivity contribution in [1.82, 2.24) is 5.32 Å². The van der Waals surface area contributed by atoms with Crippen molar-refractivity contribution in [2.75, 3.05) is 31.6 Å². The van der Waals surface area contributed by atoms with Gasteiger partial charge in [0.1, 0.15) is 5.75 Å². The van der Waals surface area contributed by atoms with Gasteiger partial charge in [0.05, 0.1) is 7.11 Å².